The number of anilines is 1. The van der Waals surface area contributed by atoms with E-state index in [1.54, 1.807) is 24.3 Å². The fourth-order valence-corrected chi connectivity index (χ4v) is 2.70. The number of halogens is 1. The third-order valence-corrected chi connectivity index (χ3v) is 4.03. The molecule has 0 radical (unpaired) electrons. The summed E-state index contributed by atoms with van der Waals surface area (Å²) in [5.41, 5.74) is 0.580. The fourth-order valence-electron chi connectivity index (χ4n) is 2.52. The number of carbonyl (C=O) groups is 1. The molecule has 1 aromatic carbocycles. The van der Waals surface area contributed by atoms with Crippen LogP contribution in [-0.2, 0) is 0 Å². The normalized spacial score (nSPS) is 18.1. The van der Waals surface area contributed by atoms with E-state index in [1.165, 1.54) is 0 Å². The first kappa shape index (κ1) is 14.9. The number of phenols is 1. The number of para-hydroxylation sites is 1. The molecule has 1 atom stereocenters. The number of piperidine rings is 1. The van der Waals surface area contributed by atoms with E-state index in [9.17, 15) is 9.90 Å². The van der Waals surface area contributed by atoms with Gasteiger partial charge in [-0.25, -0.2) is 0 Å². The highest BCUT2D eigenvalue weighted by Gasteiger charge is 2.18. The topological polar surface area (TPSA) is 79.2 Å². The van der Waals surface area contributed by atoms with E-state index in [2.05, 4.69) is 15.7 Å². The Hall–Kier alpha value is -2.05. The van der Waals surface area contributed by atoms with Gasteiger partial charge in [0.25, 0.3) is 5.91 Å². The third kappa shape index (κ3) is 3.08. The highest BCUT2D eigenvalue weighted by molar-refractivity contribution is 6.32. The second kappa shape index (κ2) is 6.37. The maximum atomic E-state index is 12.2. The van der Waals surface area contributed by atoms with E-state index < -0.39 is 0 Å². The molecule has 0 saturated carbocycles. The molecule has 0 bridgehead atoms. The first-order valence-electron chi connectivity index (χ1n) is 7.20. The van der Waals surface area contributed by atoms with Gasteiger partial charge in [0.15, 0.2) is 11.4 Å². The predicted molar refractivity (Wildman–Crippen MR) is 84.4 cm³/mol. The number of amides is 1. The van der Waals surface area contributed by atoms with Crippen molar-refractivity contribution in [1.82, 2.24) is 15.1 Å². The Labute approximate surface area is 133 Å². The summed E-state index contributed by atoms with van der Waals surface area (Å²) >= 11 is 5.82. The Morgan fingerprint density at radius 2 is 2.32 bits per heavy atom. The van der Waals surface area contributed by atoms with Crippen molar-refractivity contribution in [3.63, 3.8) is 0 Å². The molecule has 1 amide bonds. The first-order valence-corrected chi connectivity index (χ1v) is 7.57. The number of phenolic OH excluding ortho intramolecular Hbond substituents is 1. The predicted octanol–water partition coefficient (Wildman–Crippen LogP) is 2.42. The number of nitrogens with one attached hydrogen (secondary N) is 2. The van der Waals surface area contributed by atoms with Crippen LogP contribution in [0.25, 0.3) is 0 Å². The minimum absolute atomic E-state index is 0.145. The quantitative estimate of drug-likeness (QED) is 0.759. The molecule has 0 spiro atoms. The van der Waals surface area contributed by atoms with Gasteiger partial charge < -0.3 is 15.7 Å². The summed E-state index contributed by atoms with van der Waals surface area (Å²) in [6.45, 7) is 1.89. The molecule has 3 N–H and O–H groups in total. The molecule has 2 heterocycles. The standard InChI is InChI=1S/C15H17ClN4O2/c16-11-4-1-5-12(14(11)21)18-15(22)13-6-8-20(19-13)10-3-2-7-17-9-10/h1,4-6,8,10,17,21H,2-3,7,9H2,(H,18,22). The molecule has 1 aliphatic heterocycles. The Bertz CT molecular complexity index is 680. The van der Waals surface area contributed by atoms with Gasteiger partial charge in [0, 0.05) is 12.7 Å². The number of hydrogen-bond acceptors (Lipinski definition) is 4. The maximum absolute atomic E-state index is 12.2. The third-order valence-electron chi connectivity index (χ3n) is 3.72. The summed E-state index contributed by atoms with van der Waals surface area (Å²) in [7, 11) is 0. The molecule has 3 rings (SSSR count). The SMILES string of the molecule is O=C(Nc1cccc(Cl)c1O)c1ccn(C2CCCNC2)n1. The second-order valence-corrected chi connectivity index (χ2v) is 5.68. The number of aromatic nitrogens is 2. The van der Waals surface area contributed by atoms with Crippen LogP contribution in [0.3, 0.4) is 0 Å². The van der Waals surface area contributed by atoms with Crippen LogP contribution in [0.15, 0.2) is 30.5 Å². The van der Waals surface area contributed by atoms with Gasteiger partial charge in [0.2, 0.25) is 0 Å². The minimum Gasteiger partial charge on any atom is -0.504 e. The highest BCUT2D eigenvalue weighted by atomic mass is 35.5. The van der Waals surface area contributed by atoms with Gasteiger partial charge in [0.05, 0.1) is 16.8 Å². The van der Waals surface area contributed by atoms with Crippen molar-refractivity contribution in [2.24, 2.45) is 0 Å². The number of rotatable bonds is 3. The largest absolute Gasteiger partial charge is 0.504 e. The van der Waals surface area contributed by atoms with Crippen molar-refractivity contribution in [3.8, 4) is 5.75 Å². The zero-order chi connectivity index (χ0) is 15.5. The van der Waals surface area contributed by atoms with Crippen molar-refractivity contribution in [2.45, 2.75) is 18.9 Å². The van der Waals surface area contributed by atoms with E-state index in [0.29, 0.717) is 5.69 Å². The Kier molecular flexibility index (Phi) is 4.31. The van der Waals surface area contributed by atoms with Crippen LogP contribution in [0.1, 0.15) is 29.4 Å². The fraction of sp³-hybridized carbons (Fsp3) is 0.333. The van der Waals surface area contributed by atoms with Crippen molar-refractivity contribution >= 4 is 23.2 Å². The number of aromatic hydroxyl groups is 1. The van der Waals surface area contributed by atoms with Gasteiger partial charge in [-0.05, 0) is 37.6 Å². The summed E-state index contributed by atoms with van der Waals surface area (Å²) in [5.74, 6) is -0.520. The van der Waals surface area contributed by atoms with E-state index in [0.717, 1.165) is 25.9 Å². The summed E-state index contributed by atoms with van der Waals surface area (Å²) in [4.78, 5) is 12.2. The minimum atomic E-state index is -0.375. The number of nitrogens with zero attached hydrogens (tertiary/aromatic N) is 2. The van der Waals surface area contributed by atoms with E-state index in [-0.39, 0.29) is 28.4 Å². The van der Waals surface area contributed by atoms with Crippen LogP contribution < -0.4 is 10.6 Å². The zero-order valence-corrected chi connectivity index (χ0v) is 12.7. The molecule has 1 unspecified atom stereocenters. The lowest BCUT2D eigenvalue weighted by atomic mass is 10.1. The maximum Gasteiger partial charge on any atom is 0.276 e. The van der Waals surface area contributed by atoms with Gasteiger partial charge in [-0.2, -0.15) is 5.10 Å². The zero-order valence-electron chi connectivity index (χ0n) is 11.9. The lowest BCUT2D eigenvalue weighted by molar-refractivity contribution is 0.102. The molecule has 1 saturated heterocycles. The van der Waals surface area contributed by atoms with Crippen LogP contribution in [-0.4, -0.2) is 33.9 Å². The van der Waals surface area contributed by atoms with Crippen molar-refractivity contribution in [3.05, 3.63) is 41.2 Å². The van der Waals surface area contributed by atoms with E-state index in [4.69, 9.17) is 11.6 Å². The van der Waals surface area contributed by atoms with Gasteiger partial charge in [0.1, 0.15) is 0 Å². The molecule has 1 aliphatic rings. The number of hydrogen-bond donors (Lipinski definition) is 3. The molecular formula is C15H17ClN4O2. The molecule has 1 fully saturated rings. The van der Waals surface area contributed by atoms with E-state index >= 15 is 0 Å². The number of benzene rings is 1. The summed E-state index contributed by atoms with van der Waals surface area (Å²) in [6, 6.07) is 6.74. The molecule has 0 aliphatic carbocycles. The van der Waals surface area contributed by atoms with Gasteiger partial charge in [-0.15, -0.1) is 0 Å². The molecule has 116 valence electrons. The molecule has 7 heteroatoms. The summed E-state index contributed by atoms with van der Waals surface area (Å²) in [6.07, 6.45) is 3.96. The molecule has 22 heavy (non-hydrogen) atoms. The summed E-state index contributed by atoms with van der Waals surface area (Å²) < 4.78 is 1.82. The lowest BCUT2D eigenvalue weighted by Gasteiger charge is -2.22. The first-order chi connectivity index (χ1) is 10.6. The van der Waals surface area contributed by atoms with Gasteiger partial charge in [-0.3, -0.25) is 9.48 Å². The van der Waals surface area contributed by atoms with Crippen molar-refractivity contribution in [1.29, 1.82) is 0 Å². The molecule has 2 aromatic rings. The van der Waals surface area contributed by atoms with Crippen LogP contribution in [0, 0.1) is 0 Å². The van der Waals surface area contributed by atoms with Gasteiger partial charge in [-0.1, -0.05) is 17.7 Å². The number of carbonyl (C=O) groups excluding carboxylic acids is 1. The molecule has 6 nitrogen and oxygen atoms in total. The van der Waals surface area contributed by atoms with Crippen molar-refractivity contribution < 1.29 is 9.90 Å². The Morgan fingerprint density at radius 1 is 1.45 bits per heavy atom. The second-order valence-electron chi connectivity index (χ2n) is 5.27. The molecule has 1 aromatic heterocycles. The molecular weight excluding hydrogens is 304 g/mol. The van der Waals surface area contributed by atoms with Crippen LogP contribution in [0.5, 0.6) is 5.75 Å². The summed E-state index contributed by atoms with van der Waals surface area (Å²) in [5, 5.41) is 20.3. The smallest absolute Gasteiger partial charge is 0.276 e. The van der Waals surface area contributed by atoms with Gasteiger partial charge >= 0.3 is 0 Å². The van der Waals surface area contributed by atoms with Crippen LogP contribution in [0.4, 0.5) is 5.69 Å². The lowest BCUT2D eigenvalue weighted by Crippen LogP contribution is -2.32. The van der Waals surface area contributed by atoms with E-state index in [1.807, 2.05) is 10.9 Å². The monoisotopic (exact) mass is 320 g/mol. The van der Waals surface area contributed by atoms with Crippen molar-refractivity contribution in [2.75, 3.05) is 18.4 Å². The van der Waals surface area contributed by atoms with Crippen LogP contribution >= 0.6 is 11.6 Å². The Balaban J connectivity index is 1.72. The van der Waals surface area contributed by atoms with Crippen LogP contribution in [0.2, 0.25) is 5.02 Å². The highest BCUT2D eigenvalue weighted by Crippen LogP contribution is 2.31. The Morgan fingerprint density at radius 3 is 3.09 bits per heavy atom. The average Bonchev–Trinajstić information content (AvgIpc) is 3.03. The average molecular weight is 321 g/mol.